The summed E-state index contributed by atoms with van der Waals surface area (Å²) in [5.41, 5.74) is 1.40. The first-order valence-electron chi connectivity index (χ1n) is 5.92. The average molecular weight is 220 g/mol. The van der Waals surface area contributed by atoms with Crippen LogP contribution < -0.4 is 0 Å². The van der Waals surface area contributed by atoms with E-state index in [1.54, 1.807) is 0 Å². The van der Waals surface area contributed by atoms with Crippen molar-refractivity contribution in [3.8, 4) is 0 Å². The van der Waals surface area contributed by atoms with E-state index in [9.17, 15) is 0 Å². The largest absolute Gasteiger partial charge is 0.0622 e. The van der Waals surface area contributed by atoms with Crippen LogP contribution in [0, 0.1) is 13.8 Å². The van der Waals surface area contributed by atoms with Crippen LogP contribution in [0.3, 0.4) is 0 Å². The van der Waals surface area contributed by atoms with Gasteiger partial charge in [0, 0.05) is 12.3 Å². The minimum atomic E-state index is -0.676. The highest BCUT2D eigenvalue weighted by molar-refractivity contribution is 5.40. The Hall–Kier alpha value is -1.56. The molecule has 0 saturated heterocycles. The lowest BCUT2D eigenvalue weighted by atomic mass is 9.73. The topological polar surface area (TPSA) is 0 Å². The Labute approximate surface area is 104 Å². The van der Waals surface area contributed by atoms with Crippen LogP contribution in [0.25, 0.3) is 0 Å². The molecule has 0 saturated carbocycles. The van der Waals surface area contributed by atoms with Crippen molar-refractivity contribution in [1.29, 1.82) is 0 Å². The Kier molecular flexibility index (Phi) is 3.63. The molecule has 2 aromatic rings. The molecule has 4 radical (unpaired) electrons. The van der Waals surface area contributed by atoms with E-state index in [0.717, 1.165) is 24.0 Å². The van der Waals surface area contributed by atoms with Gasteiger partial charge in [-0.1, -0.05) is 74.0 Å². The Balaban J connectivity index is 2.47. The molecule has 0 unspecified atom stereocenters. The van der Waals surface area contributed by atoms with Gasteiger partial charge in [0.25, 0.3) is 0 Å². The van der Waals surface area contributed by atoms with Crippen molar-refractivity contribution in [2.75, 3.05) is 0 Å². The van der Waals surface area contributed by atoms with Gasteiger partial charge in [-0.25, -0.2) is 0 Å². The van der Waals surface area contributed by atoms with Gasteiger partial charge in [-0.05, 0) is 17.5 Å². The van der Waals surface area contributed by atoms with E-state index in [1.807, 2.05) is 60.7 Å². The zero-order chi connectivity index (χ0) is 12.1. The molecule has 17 heavy (non-hydrogen) atoms. The summed E-state index contributed by atoms with van der Waals surface area (Å²) in [6, 6.07) is 20.0. The lowest BCUT2D eigenvalue weighted by Gasteiger charge is -2.30. The smallest absolute Gasteiger partial charge is 0.0277 e. The van der Waals surface area contributed by atoms with Crippen LogP contribution in [-0.4, -0.2) is 0 Å². The first-order valence-corrected chi connectivity index (χ1v) is 5.92. The fraction of sp³-hybridized carbons (Fsp3) is 0.176. The van der Waals surface area contributed by atoms with Crippen LogP contribution >= 0.6 is 0 Å². The number of benzene rings is 2. The summed E-state index contributed by atoms with van der Waals surface area (Å²) in [7, 11) is 0. The Morgan fingerprint density at radius 3 is 1.59 bits per heavy atom. The molecule has 0 aliphatic carbocycles. The second-order valence-corrected chi connectivity index (χ2v) is 4.24. The van der Waals surface area contributed by atoms with E-state index in [4.69, 9.17) is 6.92 Å². The fourth-order valence-electron chi connectivity index (χ4n) is 2.17. The Bertz CT molecular complexity index is 402. The average Bonchev–Trinajstić information content (AvgIpc) is 2.41. The highest BCUT2D eigenvalue weighted by atomic mass is 14.3. The van der Waals surface area contributed by atoms with Crippen LogP contribution in [0.2, 0.25) is 0 Å². The minimum Gasteiger partial charge on any atom is -0.0622 e. The zero-order valence-corrected chi connectivity index (χ0v) is 9.89. The third kappa shape index (κ3) is 2.41. The summed E-state index contributed by atoms with van der Waals surface area (Å²) in [5.74, 6) is 0. The van der Waals surface area contributed by atoms with Crippen molar-refractivity contribution in [1.82, 2.24) is 0 Å². The molecule has 0 heterocycles. The van der Waals surface area contributed by atoms with E-state index in [0.29, 0.717) is 0 Å². The maximum absolute atomic E-state index is 8.76. The molecule has 0 aliphatic heterocycles. The number of rotatable bonds is 4. The van der Waals surface area contributed by atoms with E-state index in [1.165, 1.54) is 0 Å². The molecule has 0 spiro atoms. The zero-order valence-electron chi connectivity index (χ0n) is 9.89. The number of hydrogen-bond acceptors (Lipinski definition) is 0. The summed E-state index contributed by atoms with van der Waals surface area (Å²) in [6.45, 7) is 12.7. The molecule has 0 fully saturated rings. The Morgan fingerprint density at radius 2 is 1.24 bits per heavy atom. The predicted octanol–water partition coefficient (Wildman–Crippen LogP) is 4.18. The lowest BCUT2D eigenvalue weighted by molar-refractivity contribution is 0.582. The fourth-order valence-corrected chi connectivity index (χ4v) is 2.17. The van der Waals surface area contributed by atoms with Crippen LogP contribution in [0.1, 0.15) is 24.0 Å². The van der Waals surface area contributed by atoms with Gasteiger partial charge in [-0.2, -0.15) is 0 Å². The van der Waals surface area contributed by atoms with Gasteiger partial charge in [-0.3, -0.25) is 0 Å². The maximum Gasteiger partial charge on any atom is 0.0277 e. The second-order valence-electron chi connectivity index (χ2n) is 4.24. The normalized spacial score (nSPS) is 11.4. The molecule has 2 rings (SSSR count). The molecule has 0 aromatic heterocycles. The van der Waals surface area contributed by atoms with Crippen LogP contribution in [0.4, 0.5) is 0 Å². The molecular weight excluding hydrogens is 204 g/mol. The van der Waals surface area contributed by atoms with Crippen LogP contribution in [-0.2, 0) is 5.41 Å². The molecule has 0 N–H and O–H groups in total. The third-order valence-corrected chi connectivity index (χ3v) is 3.08. The highest BCUT2D eigenvalue weighted by Gasteiger charge is 2.28. The van der Waals surface area contributed by atoms with E-state index in [2.05, 4.69) is 6.92 Å². The van der Waals surface area contributed by atoms with Crippen LogP contribution in [0.15, 0.2) is 60.7 Å². The summed E-state index contributed by atoms with van der Waals surface area (Å²) < 4.78 is 0. The molecular formula is C17H16. The molecule has 0 aliphatic rings. The van der Waals surface area contributed by atoms with E-state index < -0.39 is 5.41 Å². The van der Waals surface area contributed by atoms with Crippen molar-refractivity contribution >= 4 is 0 Å². The van der Waals surface area contributed by atoms with Crippen molar-refractivity contribution in [2.24, 2.45) is 0 Å². The van der Waals surface area contributed by atoms with Gasteiger partial charge < -0.3 is 0 Å². The second kappa shape index (κ2) is 5.18. The predicted molar refractivity (Wildman–Crippen MR) is 71.5 cm³/mol. The van der Waals surface area contributed by atoms with Gasteiger partial charge in [0.15, 0.2) is 0 Å². The van der Waals surface area contributed by atoms with Gasteiger partial charge in [0.2, 0.25) is 0 Å². The monoisotopic (exact) mass is 220 g/mol. The minimum absolute atomic E-state index is 0.676. The SMILES string of the molecule is [C]C(CC[CH2])(c1ccccc1)c1ccccc1. The van der Waals surface area contributed by atoms with Gasteiger partial charge in [0.1, 0.15) is 0 Å². The summed E-state index contributed by atoms with van der Waals surface area (Å²) in [4.78, 5) is 0. The standard InChI is InChI=1S/C17H16/c1-3-14-17(2,15-10-6-4-7-11-15)16-12-8-5-9-13-16/h4-13H,1,3,14H2. The molecule has 0 atom stereocenters. The third-order valence-electron chi connectivity index (χ3n) is 3.08. The molecule has 0 nitrogen and oxygen atoms in total. The molecule has 0 amide bonds. The van der Waals surface area contributed by atoms with Crippen molar-refractivity contribution in [2.45, 2.75) is 18.3 Å². The quantitative estimate of drug-likeness (QED) is 0.725. The first kappa shape index (κ1) is 11.9. The number of hydrogen-bond donors (Lipinski definition) is 0. The summed E-state index contributed by atoms with van der Waals surface area (Å²) in [6.07, 6.45) is 1.49. The summed E-state index contributed by atoms with van der Waals surface area (Å²) >= 11 is 0. The molecule has 84 valence electrons. The van der Waals surface area contributed by atoms with Gasteiger partial charge in [0.05, 0.1) is 0 Å². The van der Waals surface area contributed by atoms with Gasteiger partial charge >= 0.3 is 0 Å². The lowest BCUT2D eigenvalue weighted by Crippen LogP contribution is -2.23. The van der Waals surface area contributed by atoms with Crippen molar-refractivity contribution < 1.29 is 0 Å². The maximum atomic E-state index is 8.76. The Morgan fingerprint density at radius 1 is 0.824 bits per heavy atom. The van der Waals surface area contributed by atoms with Crippen molar-refractivity contribution in [3.63, 3.8) is 0 Å². The first-order chi connectivity index (χ1) is 8.27. The molecule has 0 heteroatoms. The van der Waals surface area contributed by atoms with E-state index in [-0.39, 0.29) is 0 Å². The molecule has 0 bridgehead atoms. The van der Waals surface area contributed by atoms with Crippen molar-refractivity contribution in [3.05, 3.63) is 85.6 Å². The van der Waals surface area contributed by atoms with Gasteiger partial charge in [-0.15, -0.1) is 0 Å². The van der Waals surface area contributed by atoms with Crippen LogP contribution in [0.5, 0.6) is 0 Å². The van der Waals surface area contributed by atoms with E-state index >= 15 is 0 Å². The highest BCUT2D eigenvalue weighted by Crippen LogP contribution is 2.35. The molecule has 2 aromatic carbocycles. The summed E-state index contributed by atoms with van der Waals surface area (Å²) in [5, 5.41) is 0.